The molecule has 18 heavy (non-hydrogen) atoms. The summed E-state index contributed by atoms with van der Waals surface area (Å²) in [5.41, 5.74) is 1.09. The molecule has 0 amide bonds. The number of hydrogen-bond acceptors (Lipinski definition) is 4. The lowest BCUT2D eigenvalue weighted by Gasteiger charge is -2.08. The lowest BCUT2D eigenvalue weighted by molar-refractivity contribution is 0.606. The van der Waals surface area contributed by atoms with E-state index in [1.165, 1.54) is 0 Å². The normalized spacial score (nSPS) is 11.4. The Kier molecular flexibility index (Phi) is 3.67. The third-order valence-electron chi connectivity index (χ3n) is 2.17. The summed E-state index contributed by atoms with van der Waals surface area (Å²) in [6, 6.07) is 6.97. The summed E-state index contributed by atoms with van der Waals surface area (Å²) < 4.78 is 25.4. The van der Waals surface area contributed by atoms with Crippen LogP contribution in [0, 0.1) is 6.92 Å². The molecule has 0 spiro atoms. The Morgan fingerprint density at radius 2 is 2.11 bits per heavy atom. The van der Waals surface area contributed by atoms with Gasteiger partial charge in [-0.2, -0.15) is 5.10 Å². The Bertz CT molecular complexity index is 653. The summed E-state index contributed by atoms with van der Waals surface area (Å²) in [6.45, 7) is 1.78. The topological polar surface area (TPSA) is 87.7 Å². The highest BCUT2D eigenvalue weighted by atomic mass is 79.9. The first-order valence-corrected chi connectivity index (χ1v) is 7.84. The van der Waals surface area contributed by atoms with Gasteiger partial charge in [0, 0.05) is 5.56 Å². The number of rotatable bonds is 4. The number of para-hydroxylation sites is 1. The number of nitrogens with zero attached hydrogens (tertiary/aromatic N) is 2. The number of H-pyrrole nitrogens is 1. The summed E-state index contributed by atoms with van der Waals surface area (Å²) >= 11 is 2.93. The van der Waals surface area contributed by atoms with Crippen LogP contribution in [0.2, 0.25) is 0 Å². The van der Waals surface area contributed by atoms with Crippen LogP contribution in [0.1, 0.15) is 5.82 Å². The summed E-state index contributed by atoms with van der Waals surface area (Å²) in [7, 11) is -3.40. The lowest BCUT2D eigenvalue weighted by atomic mass is 10.2. The van der Waals surface area contributed by atoms with E-state index in [0.717, 1.165) is 0 Å². The minimum absolute atomic E-state index is 0.165. The molecule has 0 atom stereocenters. The van der Waals surface area contributed by atoms with E-state index < -0.39 is 10.0 Å². The van der Waals surface area contributed by atoms with Crippen molar-refractivity contribution in [3.8, 4) is 11.4 Å². The Morgan fingerprint density at radius 1 is 1.39 bits per heavy atom. The van der Waals surface area contributed by atoms with E-state index in [0.29, 0.717) is 22.9 Å². The number of sulfonamides is 1. The third-order valence-corrected chi connectivity index (χ3v) is 4.80. The fourth-order valence-electron chi connectivity index (χ4n) is 1.43. The number of aromatic amines is 1. The Labute approximate surface area is 113 Å². The van der Waals surface area contributed by atoms with Crippen LogP contribution >= 0.6 is 15.9 Å². The zero-order valence-corrected chi connectivity index (χ0v) is 11.9. The number of halogens is 1. The standard InChI is InChI=1S/C10H11BrN4O2S/c1-7-12-10(14-13-7)8-4-2-3-5-9(8)15-18(16,17)6-11/h2-5,15H,6H2,1H3,(H,12,13,14). The molecule has 0 bridgehead atoms. The fourth-order valence-corrected chi connectivity index (χ4v) is 2.34. The largest absolute Gasteiger partial charge is 0.282 e. The number of alkyl halides is 1. The molecule has 1 heterocycles. The molecule has 0 radical (unpaired) electrons. The van der Waals surface area contributed by atoms with Gasteiger partial charge in [0.15, 0.2) is 5.82 Å². The molecule has 96 valence electrons. The molecule has 1 aromatic carbocycles. The van der Waals surface area contributed by atoms with Crippen LogP contribution in [-0.2, 0) is 10.0 Å². The van der Waals surface area contributed by atoms with Gasteiger partial charge in [0.2, 0.25) is 10.0 Å². The molecular formula is C10H11BrN4O2S. The second-order valence-corrected chi connectivity index (χ2v) is 6.64. The van der Waals surface area contributed by atoms with Crippen molar-refractivity contribution in [3.63, 3.8) is 0 Å². The van der Waals surface area contributed by atoms with Crippen molar-refractivity contribution in [2.75, 3.05) is 9.38 Å². The molecule has 2 rings (SSSR count). The monoisotopic (exact) mass is 330 g/mol. The zero-order chi connectivity index (χ0) is 13.2. The molecular weight excluding hydrogens is 320 g/mol. The summed E-state index contributed by atoms with van der Waals surface area (Å²) in [4.78, 5) is 4.18. The van der Waals surface area contributed by atoms with Crippen LogP contribution in [0.3, 0.4) is 0 Å². The molecule has 0 unspecified atom stereocenters. The molecule has 0 saturated heterocycles. The highest BCUT2D eigenvalue weighted by molar-refractivity contribution is 9.10. The number of aromatic nitrogens is 3. The predicted octanol–water partition coefficient (Wildman–Crippen LogP) is 1.87. The quantitative estimate of drug-likeness (QED) is 0.838. The van der Waals surface area contributed by atoms with Gasteiger partial charge in [-0.25, -0.2) is 13.4 Å². The number of nitrogens with one attached hydrogen (secondary N) is 2. The first-order chi connectivity index (χ1) is 8.52. The highest BCUT2D eigenvalue weighted by Crippen LogP contribution is 2.25. The van der Waals surface area contributed by atoms with Gasteiger partial charge in [-0.05, 0) is 19.1 Å². The van der Waals surface area contributed by atoms with Gasteiger partial charge in [0.25, 0.3) is 0 Å². The van der Waals surface area contributed by atoms with Crippen molar-refractivity contribution >= 4 is 31.6 Å². The van der Waals surface area contributed by atoms with Crippen LogP contribution in [-0.4, -0.2) is 28.3 Å². The van der Waals surface area contributed by atoms with E-state index in [1.807, 2.05) is 0 Å². The van der Waals surface area contributed by atoms with Gasteiger partial charge in [-0.1, -0.05) is 28.1 Å². The number of benzene rings is 1. The van der Waals surface area contributed by atoms with E-state index >= 15 is 0 Å². The third kappa shape index (κ3) is 2.88. The number of aryl methyl sites for hydroxylation is 1. The summed E-state index contributed by atoms with van der Waals surface area (Å²) in [5, 5.41) is 6.74. The van der Waals surface area contributed by atoms with Crippen molar-refractivity contribution in [1.82, 2.24) is 15.2 Å². The predicted molar refractivity (Wildman–Crippen MR) is 72.9 cm³/mol. The molecule has 0 aliphatic rings. The molecule has 0 saturated carbocycles. The Morgan fingerprint density at radius 3 is 2.72 bits per heavy atom. The van der Waals surface area contributed by atoms with E-state index in [2.05, 4.69) is 35.8 Å². The van der Waals surface area contributed by atoms with E-state index in [9.17, 15) is 8.42 Å². The minimum atomic E-state index is -3.40. The molecule has 2 aromatic rings. The maximum atomic E-state index is 11.6. The lowest BCUT2D eigenvalue weighted by Crippen LogP contribution is -2.13. The molecule has 0 aliphatic carbocycles. The minimum Gasteiger partial charge on any atom is -0.282 e. The van der Waals surface area contributed by atoms with Crippen molar-refractivity contribution < 1.29 is 8.42 Å². The van der Waals surface area contributed by atoms with E-state index in [1.54, 1.807) is 31.2 Å². The molecule has 1 aromatic heterocycles. The molecule has 0 aliphatic heterocycles. The summed E-state index contributed by atoms with van der Waals surface area (Å²) in [5.74, 6) is 1.13. The first-order valence-electron chi connectivity index (χ1n) is 5.07. The van der Waals surface area contributed by atoms with Gasteiger partial charge >= 0.3 is 0 Å². The van der Waals surface area contributed by atoms with Gasteiger partial charge in [0.05, 0.1) is 5.69 Å². The average Bonchev–Trinajstić information content (AvgIpc) is 2.76. The molecule has 2 N–H and O–H groups in total. The maximum absolute atomic E-state index is 11.6. The smallest absolute Gasteiger partial charge is 0.242 e. The van der Waals surface area contributed by atoms with Gasteiger partial charge in [0.1, 0.15) is 10.5 Å². The molecule has 0 fully saturated rings. The van der Waals surface area contributed by atoms with Crippen molar-refractivity contribution in [1.29, 1.82) is 0 Å². The second kappa shape index (κ2) is 5.07. The van der Waals surface area contributed by atoms with E-state index in [-0.39, 0.29) is 4.66 Å². The van der Waals surface area contributed by atoms with Gasteiger partial charge in [-0.15, -0.1) is 0 Å². The zero-order valence-electron chi connectivity index (χ0n) is 9.51. The van der Waals surface area contributed by atoms with Gasteiger partial charge < -0.3 is 0 Å². The molecule has 6 nitrogen and oxygen atoms in total. The number of anilines is 1. The second-order valence-electron chi connectivity index (χ2n) is 3.62. The van der Waals surface area contributed by atoms with Crippen molar-refractivity contribution in [3.05, 3.63) is 30.1 Å². The number of hydrogen-bond donors (Lipinski definition) is 2. The van der Waals surface area contributed by atoms with Crippen molar-refractivity contribution in [2.45, 2.75) is 6.92 Å². The van der Waals surface area contributed by atoms with Crippen LogP contribution < -0.4 is 4.72 Å². The van der Waals surface area contributed by atoms with E-state index in [4.69, 9.17) is 0 Å². The first kappa shape index (κ1) is 13.0. The van der Waals surface area contributed by atoms with Crippen LogP contribution in [0.5, 0.6) is 0 Å². The summed E-state index contributed by atoms with van der Waals surface area (Å²) in [6.07, 6.45) is 0. The van der Waals surface area contributed by atoms with Crippen LogP contribution in [0.4, 0.5) is 5.69 Å². The SMILES string of the molecule is Cc1nc(-c2ccccc2NS(=O)(=O)CBr)n[nH]1. The molecule has 8 heteroatoms. The van der Waals surface area contributed by atoms with Crippen molar-refractivity contribution in [2.24, 2.45) is 0 Å². The van der Waals surface area contributed by atoms with Gasteiger partial charge in [-0.3, -0.25) is 9.82 Å². The Hall–Kier alpha value is -1.41. The average molecular weight is 331 g/mol. The van der Waals surface area contributed by atoms with Crippen LogP contribution in [0.15, 0.2) is 24.3 Å². The highest BCUT2D eigenvalue weighted by Gasteiger charge is 2.14. The van der Waals surface area contributed by atoms with Crippen LogP contribution in [0.25, 0.3) is 11.4 Å². The maximum Gasteiger partial charge on any atom is 0.242 e. The fraction of sp³-hybridized carbons (Fsp3) is 0.200. The Balaban J connectivity index is 2.44.